The lowest BCUT2D eigenvalue weighted by Crippen LogP contribution is -2.52. The third-order valence-electron chi connectivity index (χ3n) is 5.54. The number of hydrogen-bond acceptors (Lipinski definition) is 4. The number of halogens is 1. The van der Waals surface area contributed by atoms with E-state index in [1.807, 2.05) is 24.6 Å². The molecule has 1 aliphatic heterocycles. The number of anilines is 1. The van der Waals surface area contributed by atoms with Crippen LogP contribution in [-0.4, -0.2) is 51.8 Å². The van der Waals surface area contributed by atoms with Crippen LogP contribution in [0.5, 0.6) is 0 Å². The minimum Gasteiger partial charge on any atom is -0.368 e. The zero-order valence-corrected chi connectivity index (χ0v) is 20.4. The number of aryl methyl sites for hydroxylation is 1. The highest BCUT2D eigenvalue weighted by atomic mass is 127. The van der Waals surface area contributed by atoms with Crippen molar-refractivity contribution in [3.63, 3.8) is 0 Å². The molecule has 2 aromatic carbocycles. The van der Waals surface area contributed by atoms with Crippen LogP contribution < -0.4 is 10.2 Å². The van der Waals surface area contributed by atoms with Crippen molar-refractivity contribution in [3.05, 3.63) is 77.9 Å². The number of rotatable bonds is 5. The van der Waals surface area contributed by atoms with Crippen molar-refractivity contribution in [3.8, 4) is 0 Å². The fraction of sp³-hybridized carbons (Fsp3) is 0.348. The minimum absolute atomic E-state index is 0. The second-order valence-electron chi connectivity index (χ2n) is 7.51. The summed E-state index contributed by atoms with van der Waals surface area (Å²) in [6.45, 7) is 7.01. The molecule has 0 atom stereocenters. The normalized spacial score (nSPS) is 14.3. The molecule has 8 heteroatoms. The number of para-hydroxylation sites is 1. The Hall–Kier alpha value is -2.62. The molecule has 7 nitrogen and oxygen atoms in total. The van der Waals surface area contributed by atoms with Gasteiger partial charge in [0.05, 0.1) is 13.1 Å². The lowest BCUT2D eigenvalue weighted by molar-refractivity contribution is 0.370. The summed E-state index contributed by atoms with van der Waals surface area (Å²) in [5.74, 6) is 2.74. The Morgan fingerprint density at radius 1 is 0.935 bits per heavy atom. The van der Waals surface area contributed by atoms with E-state index in [9.17, 15) is 0 Å². The van der Waals surface area contributed by atoms with Crippen LogP contribution in [0.4, 0.5) is 5.69 Å². The molecule has 1 aromatic heterocycles. The fourth-order valence-electron chi connectivity index (χ4n) is 3.60. The Balaban J connectivity index is 0.00000272. The molecular formula is C23H30IN7. The number of nitrogens with zero attached hydrogens (tertiary/aromatic N) is 6. The van der Waals surface area contributed by atoms with Gasteiger partial charge >= 0.3 is 0 Å². The van der Waals surface area contributed by atoms with E-state index in [2.05, 4.69) is 79.9 Å². The lowest BCUT2D eigenvalue weighted by Gasteiger charge is -2.37. The topological polar surface area (TPSA) is 61.6 Å². The van der Waals surface area contributed by atoms with Gasteiger partial charge in [-0.1, -0.05) is 48.5 Å². The summed E-state index contributed by atoms with van der Waals surface area (Å²) < 4.78 is 2.01. The first kappa shape index (κ1) is 23.1. The van der Waals surface area contributed by atoms with Gasteiger partial charge in [-0.3, -0.25) is 0 Å². The van der Waals surface area contributed by atoms with Gasteiger partial charge in [0.1, 0.15) is 5.82 Å². The zero-order valence-electron chi connectivity index (χ0n) is 18.1. The Morgan fingerprint density at radius 2 is 1.58 bits per heavy atom. The van der Waals surface area contributed by atoms with Crippen LogP contribution in [-0.2, 0) is 20.1 Å². The SMILES string of the molecule is Cc1nnc(CNC(=NCc2ccccc2)N2CCN(c3ccccc3)CC2)n1C.I. The quantitative estimate of drug-likeness (QED) is 0.312. The van der Waals surface area contributed by atoms with Crippen molar-refractivity contribution in [2.75, 3.05) is 31.1 Å². The first-order chi connectivity index (χ1) is 14.7. The van der Waals surface area contributed by atoms with Crippen LogP contribution in [0.2, 0.25) is 0 Å². The van der Waals surface area contributed by atoms with Gasteiger partial charge in [-0.25, -0.2) is 4.99 Å². The molecule has 31 heavy (non-hydrogen) atoms. The smallest absolute Gasteiger partial charge is 0.194 e. The largest absolute Gasteiger partial charge is 0.368 e. The maximum absolute atomic E-state index is 4.92. The van der Waals surface area contributed by atoms with Crippen molar-refractivity contribution in [2.45, 2.75) is 20.0 Å². The van der Waals surface area contributed by atoms with Crippen molar-refractivity contribution < 1.29 is 0 Å². The van der Waals surface area contributed by atoms with Crippen molar-refractivity contribution >= 4 is 35.6 Å². The summed E-state index contributed by atoms with van der Waals surface area (Å²) in [5, 5.41) is 11.9. The molecule has 3 aromatic rings. The van der Waals surface area contributed by atoms with Crippen molar-refractivity contribution in [2.24, 2.45) is 12.0 Å². The van der Waals surface area contributed by atoms with Crippen LogP contribution in [0.25, 0.3) is 0 Å². The summed E-state index contributed by atoms with van der Waals surface area (Å²) in [5.41, 5.74) is 2.48. The number of aromatic nitrogens is 3. The Morgan fingerprint density at radius 3 is 2.19 bits per heavy atom. The van der Waals surface area contributed by atoms with Crippen LogP contribution in [0.15, 0.2) is 65.7 Å². The molecule has 0 spiro atoms. The van der Waals surface area contributed by atoms with Gasteiger partial charge in [0.15, 0.2) is 11.8 Å². The number of benzene rings is 2. The second kappa shape index (κ2) is 11.1. The van der Waals surface area contributed by atoms with Gasteiger partial charge in [-0.2, -0.15) is 0 Å². The molecule has 1 aliphatic rings. The van der Waals surface area contributed by atoms with E-state index in [1.54, 1.807) is 0 Å². The number of piperazine rings is 1. The van der Waals surface area contributed by atoms with E-state index in [0.717, 1.165) is 43.8 Å². The Kier molecular flexibility index (Phi) is 8.27. The standard InChI is InChI=1S/C23H29N7.HI/c1-19-26-27-22(28(19)2)18-25-23(24-17-20-9-5-3-6-10-20)30-15-13-29(14-16-30)21-11-7-4-8-12-21;/h3-12H,13-18H2,1-2H3,(H,24,25);1H. The third kappa shape index (κ3) is 5.96. The van der Waals surface area contributed by atoms with E-state index in [0.29, 0.717) is 13.1 Å². The first-order valence-electron chi connectivity index (χ1n) is 10.4. The highest BCUT2D eigenvalue weighted by Crippen LogP contribution is 2.16. The average Bonchev–Trinajstić information content (AvgIpc) is 3.13. The second-order valence-corrected chi connectivity index (χ2v) is 7.51. The van der Waals surface area contributed by atoms with Crippen LogP contribution in [0.1, 0.15) is 17.2 Å². The average molecular weight is 531 g/mol. The lowest BCUT2D eigenvalue weighted by atomic mass is 10.2. The first-order valence-corrected chi connectivity index (χ1v) is 10.4. The fourth-order valence-corrected chi connectivity index (χ4v) is 3.60. The molecule has 164 valence electrons. The number of aliphatic imine (C=N–C) groups is 1. The van der Waals surface area contributed by atoms with Gasteiger partial charge in [0.25, 0.3) is 0 Å². The molecule has 1 fully saturated rings. The van der Waals surface area contributed by atoms with Crippen LogP contribution in [0, 0.1) is 6.92 Å². The maximum atomic E-state index is 4.92. The molecule has 0 unspecified atom stereocenters. The summed E-state index contributed by atoms with van der Waals surface area (Å²) in [7, 11) is 1.99. The van der Waals surface area contributed by atoms with E-state index < -0.39 is 0 Å². The molecule has 0 bridgehead atoms. The monoisotopic (exact) mass is 531 g/mol. The maximum Gasteiger partial charge on any atom is 0.194 e. The van der Waals surface area contributed by atoms with E-state index in [-0.39, 0.29) is 24.0 Å². The van der Waals surface area contributed by atoms with Crippen molar-refractivity contribution in [1.29, 1.82) is 0 Å². The van der Waals surface area contributed by atoms with E-state index in [4.69, 9.17) is 4.99 Å². The highest BCUT2D eigenvalue weighted by molar-refractivity contribution is 14.0. The predicted octanol–water partition coefficient (Wildman–Crippen LogP) is 3.21. The molecule has 0 amide bonds. The minimum atomic E-state index is 0. The number of nitrogens with one attached hydrogen (secondary N) is 1. The molecule has 0 saturated carbocycles. The van der Waals surface area contributed by atoms with Crippen LogP contribution >= 0.6 is 24.0 Å². The number of hydrogen-bond donors (Lipinski definition) is 1. The molecule has 1 N–H and O–H groups in total. The van der Waals surface area contributed by atoms with Crippen LogP contribution in [0.3, 0.4) is 0 Å². The third-order valence-corrected chi connectivity index (χ3v) is 5.54. The number of guanidine groups is 1. The molecule has 0 radical (unpaired) electrons. The van der Waals surface area contributed by atoms with E-state index >= 15 is 0 Å². The summed E-state index contributed by atoms with van der Waals surface area (Å²) in [4.78, 5) is 9.69. The predicted molar refractivity (Wildman–Crippen MR) is 136 cm³/mol. The highest BCUT2D eigenvalue weighted by Gasteiger charge is 2.20. The summed E-state index contributed by atoms with van der Waals surface area (Å²) in [6.07, 6.45) is 0. The molecular weight excluding hydrogens is 501 g/mol. The summed E-state index contributed by atoms with van der Waals surface area (Å²) in [6, 6.07) is 21.0. The molecule has 2 heterocycles. The molecule has 1 saturated heterocycles. The van der Waals surface area contributed by atoms with Gasteiger partial charge in [-0.05, 0) is 24.6 Å². The summed E-state index contributed by atoms with van der Waals surface area (Å²) >= 11 is 0. The Labute approximate surface area is 201 Å². The Bertz CT molecular complexity index is 964. The molecule has 4 rings (SSSR count). The van der Waals surface area contributed by atoms with Gasteiger partial charge < -0.3 is 19.7 Å². The van der Waals surface area contributed by atoms with Crippen molar-refractivity contribution in [1.82, 2.24) is 25.0 Å². The van der Waals surface area contributed by atoms with Gasteiger partial charge in [0.2, 0.25) is 0 Å². The zero-order chi connectivity index (χ0) is 20.8. The van der Waals surface area contributed by atoms with E-state index in [1.165, 1.54) is 11.3 Å². The molecule has 0 aliphatic carbocycles. The van der Waals surface area contributed by atoms with Gasteiger partial charge in [0, 0.05) is 38.9 Å². The van der Waals surface area contributed by atoms with Gasteiger partial charge in [-0.15, -0.1) is 34.2 Å².